The van der Waals surface area contributed by atoms with Crippen LogP contribution in [0.15, 0.2) is 29.4 Å². The lowest BCUT2D eigenvalue weighted by Crippen LogP contribution is -2.16. The zero-order chi connectivity index (χ0) is 11.2. The van der Waals surface area contributed by atoms with Crippen LogP contribution in [-0.4, -0.2) is 21.3 Å². The highest BCUT2D eigenvalue weighted by molar-refractivity contribution is 5.09. The second-order valence-electron chi connectivity index (χ2n) is 3.62. The van der Waals surface area contributed by atoms with Gasteiger partial charge >= 0.3 is 0 Å². The van der Waals surface area contributed by atoms with Crippen molar-refractivity contribution in [3.63, 3.8) is 0 Å². The highest BCUT2D eigenvalue weighted by Gasteiger charge is 1.98. The molecule has 0 bridgehead atoms. The van der Waals surface area contributed by atoms with E-state index in [1.54, 1.807) is 0 Å². The summed E-state index contributed by atoms with van der Waals surface area (Å²) in [4.78, 5) is 3.96. The maximum atomic E-state index is 4.66. The summed E-state index contributed by atoms with van der Waals surface area (Å²) >= 11 is 0. The number of aromatic nitrogens is 3. The van der Waals surface area contributed by atoms with E-state index < -0.39 is 0 Å². The summed E-state index contributed by atoms with van der Waals surface area (Å²) in [6, 6.07) is 2.13. The van der Waals surface area contributed by atoms with E-state index in [0.29, 0.717) is 0 Å². The molecule has 0 aromatic carbocycles. The molecule has 2 aromatic rings. The fourth-order valence-electron chi connectivity index (χ4n) is 1.53. The van der Waals surface area contributed by atoms with Crippen molar-refractivity contribution in [1.82, 2.24) is 20.0 Å². The van der Waals surface area contributed by atoms with Crippen molar-refractivity contribution in [3.8, 4) is 0 Å². The molecule has 0 atom stereocenters. The molecular formula is C11H16N4O. The first-order valence-corrected chi connectivity index (χ1v) is 5.49. The average molecular weight is 220 g/mol. The smallest absolute Gasteiger partial charge is 0.213 e. The number of hydrogen-bond acceptors (Lipinski definition) is 4. The summed E-state index contributed by atoms with van der Waals surface area (Å²) < 4.78 is 6.82. The van der Waals surface area contributed by atoms with Crippen LogP contribution in [0.2, 0.25) is 0 Å². The Kier molecular flexibility index (Phi) is 3.71. The van der Waals surface area contributed by atoms with Gasteiger partial charge in [0.15, 0.2) is 5.82 Å². The first-order valence-electron chi connectivity index (χ1n) is 5.49. The average Bonchev–Trinajstić information content (AvgIpc) is 2.95. The zero-order valence-corrected chi connectivity index (χ0v) is 9.39. The van der Waals surface area contributed by atoms with Crippen LogP contribution in [0.5, 0.6) is 0 Å². The van der Waals surface area contributed by atoms with Gasteiger partial charge in [-0.1, -0.05) is 5.16 Å². The lowest BCUT2D eigenvalue weighted by Gasteiger charge is -2.00. The molecular weight excluding hydrogens is 204 g/mol. The molecule has 0 amide bonds. The standard InChI is InChI=1S/C11H16N4O/c1-2-15-6-4-10(8-15)7-12-5-3-11-13-9-16-14-11/h4,6,8-9,12H,2-3,5,7H2,1H3. The number of aryl methyl sites for hydroxylation is 1. The van der Waals surface area contributed by atoms with Gasteiger partial charge in [-0.3, -0.25) is 0 Å². The third kappa shape index (κ3) is 2.93. The van der Waals surface area contributed by atoms with Crippen molar-refractivity contribution in [1.29, 1.82) is 0 Å². The predicted molar refractivity (Wildman–Crippen MR) is 59.8 cm³/mol. The quantitative estimate of drug-likeness (QED) is 0.744. The fraction of sp³-hybridized carbons (Fsp3) is 0.455. The Morgan fingerprint density at radius 2 is 2.44 bits per heavy atom. The normalized spacial score (nSPS) is 10.8. The van der Waals surface area contributed by atoms with Gasteiger partial charge in [-0.2, -0.15) is 4.98 Å². The molecule has 5 nitrogen and oxygen atoms in total. The number of hydrogen-bond donors (Lipinski definition) is 1. The highest BCUT2D eigenvalue weighted by Crippen LogP contribution is 2.00. The fourth-order valence-corrected chi connectivity index (χ4v) is 1.53. The molecule has 0 aliphatic carbocycles. The van der Waals surface area contributed by atoms with Gasteiger partial charge in [-0.05, 0) is 18.6 Å². The van der Waals surface area contributed by atoms with Gasteiger partial charge < -0.3 is 14.4 Å². The molecule has 2 rings (SSSR count). The summed E-state index contributed by atoms with van der Waals surface area (Å²) in [5.74, 6) is 0.749. The van der Waals surface area contributed by atoms with Gasteiger partial charge in [0, 0.05) is 38.4 Å². The summed E-state index contributed by atoms with van der Waals surface area (Å²) in [7, 11) is 0. The van der Waals surface area contributed by atoms with Crippen molar-refractivity contribution in [3.05, 3.63) is 36.2 Å². The van der Waals surface area contributed by atoms with E-state index in [2.05, 4.69) is 49.9 Å². The molecule has 0 radical (unpaired) electrons. The molecule has 0 saturated carbocycles. The molecule has 5 heteroatoms. The zero-order valence-electron chi connectivity index (χ0n) is 9.39. The molecule has 0 unspecified atom stereocenters. The molecule has 0 spiro atoms. The number of nitrogens with zero attached hydrogens (tertiary/aromatic N) is 3. The van der Waals surface area contributed by atoms with Gasteiger partial charge in [-0.15, -0.1) is 0 Å². The van der Waals surface area contributed by atoms with Gasteiger partial charge in [0.05, 0.1) is 0 Å². The van der Waals surface area contributed by atoms with Crippen LogP contribution in [0.1, 0.15) is 18.3 Å². The monoisotopic (exact) mass is 220 g/mol. The first-order chi connectivity index (χ1) is 7.88. The maximum Gasteiger partial charge on any atom is 0.213 e. The van der Waals surface area contributed by atoms with Gasteiger partial charge in [0.1, 0.15) is 0 Å². The van der Waals surface area contributed by atoms with Crippen LogP contribution in [0.25, 0.3) is 0 Å². The van der Waals surface area contributed by atoms with Gasteiger partial charge in [-0.25, -0.2) is 0 Å². The van der Waals surface area contributed by atoms with E-state index in [-0.39, 0.29) is 0 Å². The lowest BCUT2D eigenvalue weighted by atomic mass is 10.3. The SMILES string of the molecule is CCn1ccc(CNCCc2ncon2)c1. The highest BCUT2D eigenvalue weighted by atomic mass is 16.5. The Bertz CT molecular complexity index is 407. The topological polar surface area (TPSA) is 55.9 Å². The minimum absolute atomic E-state index is 0.749. The van der Waals surface area contributed by atoms with Crippen LogP contribution in [0.4, 0.5) is 0 Å². The van der Waals surface area contributed by atoms with E-state index in [1.165, 1.54) is 12.0 Å². The Hall–Kier alpha value is -1.62. The molecule has 0 fully saturated rings. The largest absolute Gasteiger partial charge is 0.354 e. The van der Waals surface area contributed by atoms with E-state index in [1.807, 2.05) is 0 Å². The van der Waals surface area contributed by atoms with Crippen molar-refractivity contribution in [2.45, 2.75) is 26.4 Å². The summed E-state index contributed by atoms with van der Waals surface area (Å²) in [5.41, 5.74) is 1.30. The predicted octanol–water partition coefficient (Wildman–Crippen LogP) is 1.22. The molecule has 2 heterocycles. The third-order valence-corrected chi connectivity index (χ3v) is 2.44. The first kappa shape index (κ1) is 10.9. The second-order valence-corrected chi connectivity index (χ2v) is 3.62. The summed E-state index contributed by atoms with van der Waals surface area (Å²) in [6.45, 7) is 4.89. The summed E-state index contributed by atoms with van der Waals surface area (Å²) in [6.07, 6.45) is 6.40. The minimum atomic E-state index is 0.749. The Morgan fingerprint density at radius 1 is 1.50 bits per heavy atom. The number of nitrogens with one attached hydrogen (secondary N) is 1. The molecule has 0 saturated heterocycles. The second kappa shape index (κ2) is 5.46. The van der Waals surface area contributed by atoms with Crippen LogP contribution in [-0.2, 0) is 19.5 Å². The van der Waals surface area contributed by atoms with Crippen LogP contribution >= 0.6 is 0 Å². The van der Waals surface area contributed by atoms with E-state index in [0.717, 1.165) is 31.9 Å². The van der Waals surface area contributed by atoms with E-state index >= 15 is 0 Å². The third-order valence-electron chi connectivity index (χ3n) is 2.44. The van der Waals surface area contributed by atoms with E-state index in [4.69, 9.17) is 0 Å². The molecule has 86 valence electrons. The molecule has 0 aliphatic heterocycles. The van der Waals surface area contributed by atoms with Crippen molar-refractivity contribution in [2.24, 2.45) is 0 Å². The van der Waals surface area contributed by atoms with Crippen molar-refractivity contribution in [2.75, 3.05) is 6.54 Å². The van der Waals surface area contributed by atoms with Gasteiger partial charge in [0.25, 0.3) is 0 Å². The van der Waals surface area contributed by atoms with Gasteiger partial charge in [0.2, 0.25) is 6.39 Å². The molecule has 2 aromatic heterocycles. The molecule has 16 heavy (non-hydrogen) atoms. The van der Waals surface area contributed by atoms with Crippen LogP contribution in [0, 0.1) is 0 Å². The lowest BCUT2D eigenvalue weighted by molar-refractivity contribution is 0.409. The molecule has 0 aliphatic rings. The van der Waals surface area contributed by atoms with E-state index in [9.17, 15) is 0 Å². The Morgan fingerprint density at radius 3 is 3.12 bits per heavy atom. The van der Waals surface area contributed by atoms with Crippen LogP contribution < -0.4 is 5.32 Å². The maximum absolute atomic E-state index is 4.66. The summed E-state index contributed by atoms with van der Waals surface area (Å²) in [5, 5.41) is 7.09. The van der Waals surface area contributed by atoms with Crippen LogP contribution in [0.3, 0.4) is 0 Å². The van der Waals surface area contributed by atoms with Crippen molar-refractivity contribution >= 4 is 0 Å². The minimum Gasteiger partial charge on any atom is -0.354 e. The Balaban J connectivity index is 1.68. The van der Waals surface area contributed by atoms with Crippen molar-refractivity contribution < 1.29 is 4.52 Å². The Labute approximate surface area is 94.5 Å². The molecule has 1 N–H and O–H groups in total. The number of rotatable bonds is 6.